The Labute approximate surface area is 182 Å². The molecule has 4 aromatic rings. The van der Waals surface area contributed by atoms with Gasteiger partial charge in [0.05, 0.1) is 17.2 Å². The average molecular weight is 437 g/mol. The second kappa shape index (κ2) is 8.77. The van der Waals surface area contributed by atoms with Gasteiger partial charge in [0.1, 0.15) is 9.71 Å². The Balaban J connectivity index is 1.63. The molecule has 2 aromatic carbocycles. The van der Waals surface area contributed by atoms with Crippen LogP contribution in [-0.2, 0) is 9.53 Å². The summed E-state index contributed by atoms with van der Waals surface area (Å²) in [4.78, 5) is 31.2. The highest BCUT2D eigenvalue weighted by Gasteiger charge is 2.25. The Bertz CT molecular complexity index is 1140. The number of nitrogens with one attached hydrogen (secondary N) is 1. The summed E-state index contributed by atoms with van der Waals surface area (Å²) in [5, 5.41) is 3.50. The van der Waals surface area contributed by atoms with Crippen molar-refractivity contribution in [3.8, 4) is 0 Å². The van der Waals surface area contributed by atoms with Gasteiger partial charge in [-0.2, -0.15) is 0 Å². The van der Waals surface area contributed by atoms with E-state index in [0.29, 0.717) is 16.6 Å². The van der Waals surface area contributed by atoms with E-state index < -0.39 is 5.92 Å². The highest BCUT2D eigenvalue weighted by atomic mass is 32.1. The van der Waals surface area contributed by atoms with E-state index in [4.69, 9.17) is 4.74 Å². The van der Waals surface area contributed by atoms with E-state index in [1.807, 2.05) is 67.6 Å². The Morgan fingerprint density at radius 2 is 1.60 bits per heavy atom. The summed E-state index contributed by atoms with van der Waals surface area (Å²) in [5.74, 6) is -0.911. The van der Waals surface area contributed by atoms with Crippen LogP contribution < -0.4 is 5.32 Å². The third kappa shape index (κ3) is 3.99. The molecule has 1 N–H and O–H groups in total. The van der Waals surface area contributed by atoms with Gasteiger partial charge in [0.15, 0.2) is 5.13 Å². The lowest BCUT2D eigenvalue weighted by Crippen LogP contribution is -2.22. The maximum absolute atomic E-state index is 13.2. The Kier molecular flexibility index (Phi) is 5.92. The highest BCUT2D eigenvalue weighted by Crippen LogP contribution is 2.38. The van der Waals surface area contributed by atoms with Crippen molar-refractivity contribution < 1.29 is 14.3 Å². The fourth-order valence-electron chi connectivity index (χ4n) is 3.30. The van der Waals surface area contributed by atoms with Gasteiger partial charge in [-0.05, 0) is 30.5 Å². The van der Waals surface area contributed by atoms with Gasteiger partial charge in [-0.1, -0.05) is 72.0 Å². The normalized spacial score (nSPS) is 11.0. The first-order chi connectivity index (χ1) is 14.6. The number of anilines is 1. The maximum Gasteiger partial charge on any atom is 0.348 e. The van der Waals surface area contributed by atoms with Gasteiger partial charge < -0.3 is 10.1 Å². The molecule has 152 valence electrons. The van der Waals surface area contributed by atoms with E-state index in [2.05, 4.69) is 10.3 Å². The van der Waals surface area contributed by atoms with Gasteiger partial charge in [0.2, 0.25) is 5.91 Å². The second-order valence-electron chi connectivity index (χ2n) is 6.67. The summed E-state index contributed by atoms with van der Waals surface area (Å²) in [6.45, 7) is 4.00. The van der Waals surface area contributed by atoms with E-state index in [1.165, 1.54) is 22.7 Å². The lowest BCUT2D eigenvalue weighted by Gasteiger charge is -2.17. The second-order valence-corrected chi connectivity index (χ2v) is 8.67. The Morgan fingerprint density at radius 1 is 1.00 bits per heavy atom. The number of nitrogens with zero attached hydrogens (tertiary/aromatic N) is 1. The van der Waals surface area contributed by atoms with Crippen molar-refractivity contribution >= 4 is 49.2 Å². The lowest BCUT2D eigenvalue weighted by molar-refractivity contribution is -0.116. The summed E-state index contributed by atoms with van der Waals surface area (Å²) in [5.41, 5.74) is 2.68. The predicted octanol–water partition coefficient (Wildman–Crippen LogP) is 5.61. The van der Waals surface area contributed by atoms with E-state index in [-0.39, 0.29) is 11.9 Å². The number of thiophene rings is 1. The average Bonchev–Trinajstić information content (AvgIpc) is 3.28. The highest BCUT2D eigenvalue weighted by molar-refractivity contribution is 7.30. The van der Waals surface area contributed by atoms with Gasteiger partial charge in [0.25, 0.3) is 0 Å². The number of benzene rings is 2. The van der Waals surface area contributed by atoms with Crippen molar-refractivity contribution in [1.82, 2.24) is 4.98 Å². The largest absolute Gasteiger partial charge is 0.462 e. The first-order valence-corrected chi connectivity index (χ1v) is 11.2. The van der Waals surface area contributed by atoms with Crippen LogP contribution in [0.5, 0.6) is 0 Å². The van der Waals surface area contributed by atoms with Crippen LogP contribution in [0.15, 0.2) is 60.7 Å². The van der Waals surface area contributed by atoms with Crippen molar-refractivity contribution in [3.05, 3.63) is 82.2 Å². The number of hydrogen-bond donors (Lipinski definition) is 1. The molecule has 2 aromatic heterocycles. The number of carbonyl (C=O) groups excluding carboxylic acids is 2. The molecule has 0 aliphatic heterocycles. The zero-order chi connectivity index (χ0) is 21.1. The minimum atomic E-state index is -0.439. The SMILES string of the molecule is CCOC(=O)c1sc2nc(NC(=O)C(c3ccccc3)c3ccccc3)sc2c1C. The summed E-state index contributed by atoms with van der Waals surface area (Å²) in [7, 11) is 0. The van der Waals surface area contributed by atoms with Gasteiger partial charge in [-0.15, -0.1) is 11.3 Å². The van der Waals surface area contributed by atoms with Gasteiger partial charge >= 0.3 is 5.97 Å². The summed E-state index contributed by atoms with van der Waals surface area (Å²) >= 11 is 2.67. The maximum atomic E-state index is 13.2. The van der Waals surface area contributed by atoms with Gasteiger partial charge in [-0.3, -0.25) is 4.79 Å². The molecule has 0 spiro atoms. The molecule has 0 radical (unpaired) electrons. The number of fused-ring (bicyclic) bond motifs is 1. The molecule has 30 heavy (non-hydrogen) atoms. The number of ether oxygens (including phenoxy) is 1. The number of hydrogen-bond acceptors (Lipinski definition) is 6. The van der Waals surface area contributed by atoms with Crippen LogP contribution in [-0.4, -0.2) is 23.5 Å². The number of aromatic nitrogens is 1. The summed E-state index contributed by atoms with van der Waals surface area (Å²) in [6.07, 6.45) is 0. The molecule has 0 saturated heterocycles. The quantitative estimate of drug-likeness (QED) is 0.399. The molecule has 0 fully saturated rings. The molecule has 0 bridgehead atoms. The van der Waals surface area contributed by atoms with Crippen molar-refractivity contribution in [2.24, 2.45) is 0 Å². The van der Waals surface area contributed by atoms with Crippen molar-refractivity contribution in [2.45, 2.75) is 19.8 Å². The zero-order valence-electron chi connectivity index (χ0n) is 16.5. The monoisotopic (exact) mass is 436 g/mol. The first kappa shape index (κ1) is 20.3. The number of aryl methyl sites for hydroxylation is 1. The van der Waals surface area contributed by atoms with E-state index in [0.717, 1.165) is 26.2 Å². The molecule has 0 aliphatic carbocycles. The predicted molar refractivity (Wildman–Crippen MR) is 122 cm³/mol. The minimum absolute atomic E-state index is 0.142. The molecule has 0 aliphatic rings. The number of thiazole rings is 1. The Morgan fingerprint density at radius 3 is 2.13 bits per heavy atom. The molecular formula is C23H20N2O3S2. The lowest BCUT2D eigenvalue weighted by atomic mass is 9.90. The van der Waals surface area contributed by atoms with Crippen LogP contribution in [0.25, 0.3) is 9.53 Å². The Hall–Kier alpha value is -3.03. The number of amides is 1. The summed E-state index contributed by atoms with van der Waals surface area (Å²) in [6, 6.07) is 19.4. The molecule has 2 heterocycles. The van der Waals surface area contributed by atoms with Crippen LogP contribution in [0, 0.1) is 6.92 Å². The molecule has 0 unspecified atom stereocenters. The molecular weight excluding hydrogens is 416 g/mol. The number of esters is 1. The minimum Gasteiger partial charge on any atom is -0.462 e. The number of carbonyl (C=O) groups is 2. The fourth-order valence-corrected chi connectivity index (χ4v) is 5.51. The molecule has 0 atom stereocenters. The van der Waals surface area contributed by atoms with E-state index in [9.17, 15) is 9.59 Å². The van der Waals surface area contributed by atoms with Crippen molar-refractivity contribution in [1.29, 1.82) is 0 Å². The standard InChI is InChI=1S/C23H20N2O3S2/c1-3-28-22(27)19-14(2)18-21(29-19)25-23(30-18)24-20(26)17(15-10-6-4-7-11-15)16-12-8-5-9-13-16/h4-13,17H,3H2,1-2H3,(H,24,25,26). The van der Waals surface area contributed by atoms with E-state index >= 15 is 0 Å². The van der Waals surface area contributed by atoms with Crippen LogP contribution in [0.4, 0.5) is 5.13 Å². The first-order valence-electron chi connectivity index (χ1n) is 9.56. The van der Waals surface area contributed by atoms with Gasteiger partial charge in [0, 0.05) is 0 Å². The van der Waals surface area contributed by atoms with Gasteiger partial charge in [-0.25, -0.2) is 9.78 Å². The van der Waals surface area contributed by atoms with Crippen LogP contribution in [0.1, 0.15) is 39.2 Å². The topological polar surface area (TPSA) is 68.3 Å². The third-order valence-electron chi connectivity index (χ3n) is 4.69. The molecule has 1 amide bonds. The number of rotatable bonds is 6. The smallest absolute Gasteiger partial charge is 0.348 e. The van der Waals surface area contributed by atoms with Crippen molar-refractivity contribution in [2.75, 3.05) is 11.9 Å². The zero-order valence-corrected chi connectivity index (χ0v) is 18.2. The van der Waals surface area contributed by atoms with Crippen LogP contribution >= 0.6 is 22.7 Å². The third-order valence-corrected chi connectivity index (χ3v) is 7.08. The van der Waals surface area contributed by atoms with E-state index in [1.54, 1.807) is 6.92 Å². The van der Waals surface area contributed by atoms with Crippen LogP contribution in [0.2, 0.25) is 0 Å². The van der Waals surface area contributed by atoms with Crippen molar-refractivity contribution in [3.63, 3.8) is 0 Å². The molecule has 0 saturated carbocycles. The molecule has 5 nitrogen and oxygen atoms in total. The van der Waals surface area contributed by atoms with Crippen LogP contribution in [0.3, 0.4) is 0 Å². The molecule has 4 rings (SSSR count). The fraction of sp³-hybridized carbons (Fsp3) is 0.174. The summed E-state index contributed by atoms with van der Waals surface area (Å²) < 4.78 is 6.01. The molecule has 7 heteroatoms.